The van der Waals surface area contributed by atoms with Crippen LogP contribution < -0.4 is 0 Å². The molecule has 0 saturated carbocycles. The van der Waals surface area contributed by atoms with Crippen molar-refractivity contribution in [3.05, 3.63) is 32.5 Å². The highest BCUT2D eigenvalue weighted by molar-refractivity contribution is 9.10. The smallest absolute Gasteiger partial charge is 0.313 e. The number of carboxylic acids is 1. The van der Waals surface area contributed by atoms with Crippen LogP contribution in [0.3, 0.4) is 0 Å². The maximum atomic E-state index is 10.7. The van der Waals surface area contributed by atoms with E-state index in [9.17, 15) is 4.79 Å². The fraction of sp³-hybridized carbons (Fsp3) is 0.182. The minimum atomic E-state index is -0.929. The number of thioether (sulfide) groups is 1. The van der Waals surface area contributed by atoms with E-state index in [-0.39, 0.29) is 5.75 Å². The van der Waals surface area contributed by atoms with E-state index in [1.54, 1.807) is 23.6 Å². The first kappa shape index (κ1) is 15.6. The Hall–Kier alpha value is -0.760. The van der Waals surface area contributed by atoms with Gasteiger partial charge < -0.3 is 5.11 Å². The summed E-state index contributed by atoms with van der Waals surface area (Å²) in [5.74, 6) is -0.444. The molecule has 0 amide bonds. The maximum Gasteiger partial charge on any atom is 0.313 e. The number of halogens is 3. The van der Waals surface area contributed by atoms with Crippen LogP contribution >= 0.6 is 50.9 Å². The fourth-order valence-electron chi connectivity index (χ4n) is 1.53. The van der Waals surface area contributed by atoms with Crippen LogP contribution in [0.5, 0.6) is 0 Å². The summed E-state index contributed by atoms with van der Waals surface area (Å²) in [6, 6.07) is 3.52. The molecule has 1 N–H and O–H groups in total. The molecule has 2 aromatic rings. The van der Waals surface area contributed by atoms with Crippen LogP contribution in [-0.4, -0.2) is 31.6 Å². The highest BCUT2D eigenvalue weighted by Crippen LogP contribution is 2.36. The SMILES string of the molecule is Cc1nnc(SCC(=O)O)n1-c1ccc(Br)c(Cl)c1Cl. The zero-order chi connectivity index (χ0) is 14.9. The van der Waals surface area contributed by atoms with E-state index in [0.29, 0.717) is 31.2 Å². The summed E-state index contributed by atoms with van der Waals surface area (Å²) in [6.45, 7) is 1.75. The number of aromatic nitrogens is 3. The molecular weight excluding hydrogens is 389 g/mol. The topological polar surface area (TPSA) is 68.0 Å². The van der Waals surface area contributed by atoms with Gasteiger partial charge in [0.05, 0.1) is 21.5 Å². The Labute approximate surface area is 137 Å². The number of hydrogen-bond acceptors (Lipinski definition) is 4. The molecule has 0 atom stereocenters. The average molecular weight is 397 g/mol. The van der Waals surface area contributed by atoms with Crippen LogP contribution in [-0.2, 0) is 4.79 Å². The molecular formula is C11H8BrCl2N3O2S. The zero-order valence-corrected chi connectivity index (χ0v) is 14.0. The van der Waals surface area contributed by atoms with Crippen molar-refractivity contribution in [2.75, 3.05) is 5.75 Å². The molecule has 0 spiro atoms. The minimum absolute atomic E-state index is 0.111. The lowest BCUT2D eigenvalue weighted by molar-refractivity contribution is -0.133. The van der Waals surface area contributed by atoms with Gasteiger partial charge in [0.15, 0.2) is 5.16 Å². The van der Waals surface area contributed by atoms with Gasteiger partial charge in [-0.15, -0.1) is 10.2 Å². The van der Waals surface area contributed by atoms with Crippen LogP contribution in [0.4, 0.5) is 0 Å². The Morgan fingerprint density at radius 1 is 1.40 bits per heavy atom. The summed E-state index contributed by atoms with van der Waals surface area (Å²) < 4.78 is 2.35. The van der Waals surface area contributed by atoms with E-state index in [2.05, 4.69) is 26.1 Å². The van der Waals surface area contributed by atoms with E-state index in [0.717, 1.165) is 11.8 Å². The first-order valence-corrected chi connectivity index (χ1v) is 7.85. The fourth-order valence-corrected chi connectivity index (χ4v) is 3.09. The second kappa shape index (κ2) is 6.34. The molecule has 0 fully saturated rings. The lowest BCUT2D eigenvalue weighted by Crippen LogP contribution is -2.03. The molecule has 0 saturated heterocycles. The molecule has 0 aliphatic heterocycles. The lowest BCUT2D eigenvalue weighted by Gasteiger charge is -2.11. The molecule has 0 bridgehead atoms. The van der Waals surface area contributed by atoms with Crippen molar-refractivity contribution in [1.29, 1.82) is 0 Å². The normalized spacial score (nSPS) is 10.8. The van der Waals surface area contributed by atoms with Crippen LogP contribution in [0, 0.1) is 6.92 Å². The van der Waals surface area contributed by atoms with Gasteiger partial charge in [-0.25, -0.2) is 0 Å². The molecule has 0 aliphatic rings. The molecule has 0 radical (unpaired) electrons. The highest BCUT2D eigenvalue weighted by Gasteiger charge is 2.17. The van der Waals surface area contributed by atoms with Gasteiger partial charge in [-0.2, -0.15) is 0 Å². The summed E-state index contributed by atoms with van der Waals surface area (Å²) in [7, 11) is 0. The van der Waals surface area contributed by atoms with E-state index < -0.39 is 5.97 Å². The van der Waals surface area contributed by atoms with Gasteiger partial charge in [0.25, 0.3) is 0 Å². The Balaban J connectivity index is 2.50. The van der Waals surface area contributed by atoms with E-state index in [1.807, 2.05) is 0 Å². The largest absolute Gasteiger partial charge is 0.481 e. The summed E-state index contributed by atoms with van der Waals surface area (Å²) in [6.07, 6.45) is 0. The Morgan fingerprint density at radius 3 is 2.75 bits per heavy atom. The van der Waals surface area contributed by atoms with Gasteiger partial charge >= 0.3 is 5.97 Å². The van der Waals surface area contributed by atoms with Crippen LogP contribution in [0.15, 0.2) is 21.8 Å². The summed E-state index contributed by atoms with van der Waals surface area (Å²) in [5, 5.41) is 17.8. The van der Waals surface area contributed by atoms with E-state index >= 15 is 0 Å². The summed E-state index contributed by atoms with van der Waals surface area (Å²) in [4.78, 5) is 10.7. The molecule has 1 aromatic carbocycles. The average Bonchev–Trinajstić information content (AvgIpc) is 2.75. The van der Waals surface area contributed by atoms with Crippen molar-refractivity contribution < 1.29 is 9.90 Å². The quantitative estimate of drug-likeness (QED) is 0.628. The van der Waals surface area contributed by atoms with Crippen molar-refractivity contribution in [2.45, 2.75) is 12.1 Å². The second-order valence-corrected chi connectivity index (χ2v) is 6.29. The maximum absolute atomic E-state index is 10.7. The van der Waals surface area contributed by atoms with Crippen molar-refractivity contribution in [2.24, 2.45) is 0 Å². The predicted octanol–water partition coefficient (Wildman–Crippen LogP) is 3.82. The third-order valence-corrected chi connectivity index (χ3v) is 5.05. The summed E-state index contributed by atoms with van der Waals surface area (Å²) >= 11 is 16.7. The van der Waals surface area contributed by atoms with Crippen LogP contribution in [0.1, 0.15) is 5.82 Å². The van der Waals surface area contributed by atoms with E-state index in [1.165, 1.54) is 0 Å². The van der Waals surface area contributed by atoms with Crippen molar-refractivity contribution in [3.8, 4) is 5.69 Å². The summed E-state index contributed by atoms with van der Waals surface area (Å²) in [5.41, 5.74) is 0.607. The number of benzene rings is 1. The van der Waals surface area contributed by atoms with Crippen LogP contribution in [0.25, 0.3) is 5.69 Å². The first-order chi connectivity index (χ1) is 9.41. The number of carbonyl (C=O) groups is 1. The standard InChI is InChI=1S/C11H8BrCl2N3O2S/c1-5-15-16-11(20-4-8(18)19)17(5)7-3-2-6(12)9(13)10(7)14/h2-3H,4H2,1H3,(H,18,19). The molecule has 1 aromatic heterocycles. The number of aliphatic carboxylic acids is 1. The molecule has 106 valence electrons. The number of rotatable bonds is 4. The van der Waals surface area contributed by atoms with Gasteiger partial charge in [0, 0.05) is 4.47 Å². The number of nitrogens with zero attached hydrogens (tertiary/aromatic N) is 3. The third-order valence-electron chi connectivity index (χ3n) is 2.38. The first-order valence-electron chi connectivity index (χ1n) is 5.32. The van der Waals surface area contributed by atoms with Crippen molar-refractivity contribution in [3.63, 3.8) is 0 Å². The Bertz CT molecular complexity index is 678. The molecule has 0 aliphatic carbocycles. The molecule has 5 nitrogen and oxygen atoms in total. The number of hydrogen-bond donors (Lipinski definition) is 1. The predicted molar refractivity (Wildman–Crippen MR) is 82.2 cm³/mol. The lowest BCUT2D eigenvalue weighted by atomic mass is 10.3. The van der Waals surface area contributed by atoms with Crippen molar-refractivity contribution in [1.82, 2.24) is 14.8 Å². The van der Waals surface area contributed by atoms with Gasteiger partial charge in [-0.05, 0) is 35.0 Å². The van der Waals surface area contributed by atoms with Gasteiger partial charge in [0.1, 0.15) is 5.82 Å². The van der Waals surface area contributed by atoms with E-state index in [4.69, 9.17) is 28.3 Å². The minimum Gasteiger partial charge on any atom is -0.481 e. The molecule has 9 heteroatoms. The Kier molecular flexibility index (Phi) is 4.95. The van der Waals surface area contributed by atoms with Crippen molar-refractivity contribution >= 4 is 56.9 Å². The Morgan fingerprint density at radius 2 is 2.10 bits per heavy atom. The van der Waals surface area contributed by atoms with Gasteiger partial charge in [-0.1, -0.05) is 35.0 Å². The number of aryl methyl sites for hydroxylation is 1. The zero-order valence-electron chi connectivity index (χ0n) is 10.1. The molecule has 2 rings (SSSR count). The second-order valence-electron chi connectivity index (χ2n) is 3.74. The molecule has 20 heavy (non-hydrogen) atoms. The molecule has 0 unspecified atom stereocenters. The van der Waals surface area contributed by atoms with Crippen LogP contribution in [0.2, 0.25) is 10.0 Å². The van der Waals surface area contributed by atoms with Gasteiger partial charge in [-0.3, -0.25) is 9.36 Å². The number of carboxylic acid groups (broad SMARTS) is 1. The van der Waals surface area contributed by atoms with Gasteiger partial charge in [0.2, 0.25) is 0 Å². The molecule has 1 heterocycles. The highest BCUT2D eigenvalue weighted by atomic mass is 79.9. The third kappa shape index (κ3) is 3.11. The monoisotopic (exact) mass is 395 g/mol.